The zero-order chi connectivity index (χ0) is 10.7. The van der Waals surface area contributed by atoms with Crippen LogP contribution in [0.3, 0.4) is 0 Å². The van der Waals surface area contributed by atoms with E-state index in [1.165, 1.54) is 0 Å². The van der Waals surface area contributed by atoms with Gasteiger partial charge in [-0.25, -0.2) is 0 Å². The van der Waals surface area contributed by atoms with E-state index in [0.29, 0.717) is 16.5 Å². The van der Waals surface area contributed by atoms with Crippen molar-refractivity contribution in [1.82, 2.24) is 0 Å². The Morgan fingerprint density at radius 1 is 1.50 bits per heavy atom. The number of hydrogen-bond acceptors (Lipinski definition) is 2. The van der Waals surface area contributed by atoms with Crippen molar-refractivity contribution >= 4 is 31.9 Å². The number of benzene rings is 1. The summed E-state index contributed by atoms with van der Waals surface area (Å²) in [5.41, 5.74) is 6.59. The molecular weight excluding hydrogens is 310 g/mol. The molecule has 76 valence electrons. The summed E-state index contributed by atoms with van der Waals surface area (Å²) in [5.74, 6) is 0.197. The quantitative estimate of drug-likeness (QED) is 0.837. The molecule has 0 heterocycles. The van der Waals surface area contributed by atoms with Gasteiger partial charge in [-0.1, -0.05) is 22.0 Å². The first-order valence-electron chi connectivity index (χ1n) is 4.10. The first kappa shape index (κ1) is 11.8. The van der Waals surface area contributed by atoms with Crippen molar-refractivity contribution in [2.75, 3.05) is 0 Å². The van der Waals surface area contributed by atoms with E-state index in [1.807, 2.05) is 6.07 Å². The first-order chi connectivity index (χ1) is 6.56. The Balaban J connectivity index is 3.12. The van der Waals surface area contributed by atoms with Gasteiger partial charge in [0.1, 0.15) is 5.75 Å². The lowest BCUT2D eigenvalue weighted by atomic mass is 10.0. The molecule has 0 amide bonds. The highest BCUT2D eigenvalue weighted by atomic mass is 79.9. The van der Waals surface area contributed by atoms with Crippen LogP contribution in [0.25, 0.3) is 0 Å². The number of phenols is 1. The molecule has 0 radical (unpaired) electrons. The Morgan fingerprint density at radius 2 is 2.14 bits per heavy atom. The molecular formula is C10H11Br2NO. The Bertz CT molecular complexity index is 352. The maximum Gasteiger partial charge on any atom is 0.134 e. The van der Waals surface area contributed by atoms with Crippen LogP contribution in [0.4, 0.5) is 0 Å². The molecule has 0 saturated carbocycles. The van der Waals surface area contributed by atoms with Gasteiger partial charge in [0, 0.05) is 16.1 Å². The fourth-order valence-electron chi connectivity index (χ4n) is 1.18. The molecule has 4 heteroatoms. The van der Waals surface area contributed by atoms with E-state index in [9.17, 15) is 5.11 Å². The average Bonchev–Trinajstić information content (AvgIpc) is 2.11. The van der Waals surface area contributed by atoms with E-state index < -0.39 is 0 Å². The van der Waals surface area contributed by atoms with E-state index in [0.717, 1.165) is 4.47 Å². The molecule has 0 fully saturated rings. The lowest BCUT2D eigenvalue weighted by Gasteiger charge is -2.13. The summed E-state index contributed by atoms with van der Waals surface area (Å²) in [6.45, 7) is 3.62. The van der Waals surface area contributed by atoms with Gasteiger partial charge in [-0.15, -0.1) is 6.58 Å². The maximum absolute atomic E-state index is 9.74. The standard InChI is InChI=1S/C10H11Br2NO/c1-2-3-9(13)7-4-6(11)5-8(12)10(7)14/h2,4-5,9,14H,1,3,13H2/t9-/m0/s1. The Labute approximate surface area is 100 Å². The number of nitrogens with two attached hydrogens (primary N) is 1. The molecule has 0 aliphatic heterocycles. The van der Waals surface area contributed by atoms with Crippen molar-refractivity contribution < 1.29 is 5.11 Å². The summed E-state index contributed by atoms with van der Waals surface area (Å²) in [4.78, 5) is 0. The van der Waals surface area contributed by atoms with Gasteiger partial charge >= 0.3 is 0 Å². The normalized spacial score (nSPS) is 12.5. The summed E-state index contributed by atoms with van der Waals surface area (Å²) < 4.78 is 1.53. The topological polar surface area (TPSA) is 46.2 Å². The molecule has 2 nitrogen and oxygen atoms in total. The number of halogens is 2. The Morgan fingerprint density at radius 3 is 2.71 bits per heavy atom. The largest absolute Gasteiger partial charge is 0.506 e. The summed E-state index contributed by atoms with van der Waals surface area (Å²) in [6.07, 6.45) is 2.37. The number of rotatable bonds is 3. The van der Waals surface area contributed by atoms with Gasteiger partial charge in [-0.3, -0.25) is 0 Å². The molecule has 1 aromatic carbocycles. The van der Waals surface area contributed by atoms with Gasteiger partial charge in [-0.2, -0.15) is 0 Å². The van der Waals surface area contributed by atoms with E-state index in [-0.39, 0.29) is 11.8 Å². The van der Waals surface area contributed by atoms with Gasteiger partial charge in [0.05, 0.1) is 4.47 Å². The highest BCUT2D eigenvalue weighted by Gasteiger charge is 2.12. The third-order valence-electron chi connectivity index (χ3n) is 1.88. The molecule has 0 saturated heterocycles. The second kappa shape index (κ2) is 4.96. The van der Waals surface area contributed by atoms with Gasteiger partial charge in [-0.05, 0) is 34.5 Å². The highest BCUT2D eigenvalue weighted by Crippen LogP contribution is 2.35. The Hall–Kier alpha value is -0.320. The lowest BCUT2D eigenvalue weighted by Crippen LogP contribution is -2.09. The smallest absolute Gasteiger partial charge is 0.134 e. The second-order valence-corrected chi connectivity index (χ2v) is 4.73. The predicted molar refractivity (Wildman–Crippen MR) is 65.2 cm³/mol. The molecule has 1 aromatic rings. The minimum atomic E-state index is -0.221. The third kappa shape index (κ3) is 2.59. The van der Waals surface area contributed by atoms with Crippen molar-refractivity contribution in [3.8, 4) is 5.75 Å². The van der Waals surface area contributed by atoms with Gasteiger partial charge in [0.25, 0.3) is 0 Å². The van der Waals surface area contributed by atoms with E-state index in [4.69, 9.17) is 5.73 Å². The molecule has 1 atom stereocenters. The molecule has 14 heavy (non-hydrogen) atoms. The predicted octanol–water partition coefficient (Wildman–Crippen LogP) is 3.49. The average molecular weight is 321 g/mol. The fourth-order valence-corrected chi connectivity index (χ4v) is 2.43. The molecule has 0 unspecified atom stereocenters. The molecule has 0 aliphatic carbocycles. The molecule has 0 spiro atoms. The van der Waals surface area contributed by atoms with Crippen LogP contribution in [0.1, 0.15) is 18.0 Å². The number of aromatic hydroxyl groups is 1. The fraction of sp³-hybridized carbons (Fsp3) is 0.200. The minimum absolute atomic E-state index is 0.197. The van der Waals surface area contributed by atoms with Gasteiger partial charge in [0.15, 0.2) is 0 Å². The van der Waals surface area contributed by atoms with Crippen LogP contribution < -0.4 is 5.73 Å². The number of hydrogen-bond donors (Lipinski definition) is 2. The minimum Gasteiger partial charge on any atom is -0.506 e. The lowest BCUT2D eigenvalue weighted by molar-refractivity contribution is 0.458. The van der Waals surface area contributed by atoms with Crippen LogP contribution in [-0.4, -0.2) is 5.11 Å². The van der Waals surface area contributed by atoms with Crippen LogP contribution in [0.15, 0.2) is 33.7 Å². The summed E-state index contributed by atoms with van der Waals surface area (Å²) >= 11 is 6.60. The third-order valence-corrected chi connectivity index (χ3v) is 2.94. The van der Waals surface area contributed by atoms with E-state index >= 15 is 0 Å². The monoisotopic (exact) mass is 319 g/mol. The summed E-state index contributed by atoms with van der Waals surface area (Å²) in [6, 6.07) is 3.37. The van der Waals surface area contributed by atoms with E-state index in [2.05, 4.69) is 38.4 Å². The van der Waals surface area contributed by atoms with Crippen molar-refractivity contribution in [2.24, 2.45) is 5.73 Å². The van der Waals surface area contributed by atoms with Crippen LogP contribution in [-0.2, 0) is 0 Å². The number of phenolic OH excluding ortho intramolecular Hbond substituents is 1. The molecule has 0 bridgehead atoms. The SMILES string of the molecule is C=CC[C@H](N)c1cc(Br)cc(Br)c1O. The Kier molecular flexibility index (Phi) is 4.16. The first-order valence-corrected chi connectivity index (χ1v) is 5.69. The molecule has 0 aromatic heterocycles. The van der Waals surface area contributed by atoms with Crippen molar-refractivity contribution in [3.63, 3.8) is 0 Å². The van der Waals surface area contributed by atoms with Crippen LogP contribution in [0.2, 0.25) is 0 Å². The maximum atomic E-state index is 9.74. The van der Waals surface area contributed by atoms with Crippen LogP contribution >= 0.6 is 31.9 Å². The zero-order valence-electron chi connectivity index (χ0n) is 7.50. The second-order valence-electron chi connectivity index (χ2n) is 2.96. The molecule has 3 N–H and O–H groups in total. The van der Waals surface area contributed by atoms with Crippen molar-refractivity contribution in [3.05, 3.63) is 39.3 Å². The van der Waals surface area contributed by atoms with Crippen LogP contribution in [0, 0.1) is 0 Å². The van der Waals surface area contributed by atoms with Gasteiger partial charge in [0.2, 0.25) is 0 Å². The summed E-state index contributed by atoms with van der Waals surface area (Å²) in [7, 11) is 0. The summed E-state index contributed by atoms with van der Waals surface area (Å²) in [5, 5.41) is 9.74. The van der Waals surface area contributed by atoms with Crippen molar-refractivity contribution in [1.29, 1.82) is 0 Å². The molecule has 1 rings (SSSR count). The van der Waals surface area contributed by atoms with E-state index in [1.54, 1.807) is 12.1 Å². The highest BCUT2D eigenvalue weighted by molar-refractivity contribution is 9.11. The van der Waals surface area contributed by atoms with Crippen LogP contribution in [0.5, 0.6) is 5.75 Å². The van der Waals surface area contributed by atoms with Gasteiger partial charge < -0.3 is 10.8 Å². The van der Waals surface area contributed by atoms with Crippen molar-refractivity contribution in [2.45, 2.75) is 12.5 Å². The zero-order valence-corrected chi connectivity index (χ0v) is 10.7. The molecule has 0 aliphatic rings.